The summed E-state index contributed by atoms with van der Waals surface area (Å²) < 4.78 is 5.15. The summed E-state index contributed by atoms with van der Waals surface area (Å²) in [7, 11) is 1.69. The van der Waals surface area contributed by atoms with Crippen LogP contribution in [0.25, 0.3) is 0 Å². The standard InChI is InChI=1S/C10H16N4O2S/c1-3-11-10-14-13-9(17-10)8(15)12-6-4-7(5-6)16-2/h6-7H,3-5H2,1-2H3,(H,11,14)(H,12,15). The van der Waals surface area contributed by atoms with E-state index in [4.69, 9.17) is 4.74 Å². The Balaban J connectivity index is 1.83. The van der Waals surface area contributed by atoms with Crippen molar-refractivity contribution in [2.45, 2.75) is 31.9 Å². The highest BCUT2D eigenvalue weighted by Gasteiger charge is 2.31. The third kappa shape index (κ3) is 2.92. The van der Waals surface area contributed by atoms with Crippen molar-refractivity contribution in [1.82, 2.24) is 15.5 Å². The maximum absolute atomic E-state index is 11.8. The average Bonchev–Trinajstić information content (AvgIpc) is 2.71. The van der Waals surface area contributed by atoms with Gasteiger partial charge in [0.05, 0.1) is 6.10 Å². The summed E-state index contributed by atoms with van der Waals surface area (Å²) in [5.41, 5.74) is 0. The summed E-state index contributed by atoms with van der Waals surface area (Å²) in [5.74, 6) is -0.147. The largest absolute Gasteiger partial charge is 0.381 e. The van der Waals surface area contributed by atoms with Crippen LogP contribution < -0.4 is 10.6 Å². The number of ether oxygens (including phenoxy) is 1. The predicted molar refractivity (Wildman–Crippen MR) is 65.4 cm³/mol. The number of rotatable bonds is 5. The van der Waals surface area contributed by atoms with Crippen molar-refractivity contribution in [3.05, 3.63) is 5.01 Å². The molecule has 2 N–H and O–H groups in total. The first-order chi connectivity index (χ1) is 8.22. The molecule has 1 aliphatic rings. The summed E-state index contributed by atoms with van der Waals surface area (Å²) in [5, 5.41) is 14.8. The second-order valence-corrected chi connectivity index (χ2v) is 4.92. The number of carbonyl (C=O) groups is 1. The average molecular weight is 256 g/mol. The second-order valence-electron chi connectivity index (χ2n) is 3.94. The summed E-state index contributed by atoms with van der Waals surface area (Å²) in [6.07, 6.45) is 2.04. The molecule has 0 saturated heterocycles. The first-order valence-electron chi connectivity index (χ1n) is 5.64. The predicted octanol–water partition coefficient (Wildman–Crippen LogP) is 0.877. The maximum atomic E-state index is 11.8. The van der Waals surface area contributed by atoms with Crippen molar-refractivity contribution < 1.29 is 9.53 Å². The molecule has 0 aromatic carbocycles. The molecule has 0 spiro atoms. The zero-order valence-corrected chi connectivity index (χ0v) is 10.7. The van der Waals surface area contributed by atoms with Crippen molar-refractivity contribution in [2.24, 2.45) is 0 Å². The van der Waals surface area contributed by atoms with Gasteiger partial charge in [0, 0.05) is 19.7 Å². The van der Waals surface area contributed by atoms with E-state index in [9.17, 15) is 4.79 Å². The van der Waals surface area contributed by atoms with E-state index in [-0.39, 0.29) is 18.1 Å². The number of amides is 1. The monoisotopic (exact) mass is 256 g/mol. The van der Waals surface area contributed by atoms with Crippen molar-refractivity contribution in [3.63, 3.8) is 0 Å². The number of methoxy groups -OCH3 is 1. The maximum Gasteiger partial charge on any atom is 0.282 e. The van der Waals surface area contributed by atoms with Gasteiger partial charge in [0.15, 0.2) is 0 Å². The van der Waals surface area contributed by atoms with Crippen LogP contribution in [0.2, 0.25) is 0 Å². The van der Waals surface area contributed by atoms with Crippen molar-refractivity contribution in [3.8, 4) is 0 Å². The molecule has 0 unspecified atom stereocenters. The lowest BCUT2D eigenvalue weighted by Gasteiger charge is -2.34. The number of carbonyl (C=O) groups excluding carboxylic acids is 1. The van der Waals surface area contributed by atoms with Crippen LogP contribution in [-0.2, 0) is 4.74 Å². The van der Waals surface area contributed by atoms with E-state index in [1.807, 2.05) is 6.92 Å². The van der Waals surface area contributed by atoms with Gasteiger partial charge in [-0.15, -0.1) is 10.2 Å². The summed E-state index contributed by atoms with van der Waals surface area (Å²) >= 11 is 1.27. The van der Waals surface area contributed by atoms with E-state index in [1.54, 1.807) is 7.11 Å². The number of hydrogen-bond donors (Lipinski definition) is 2. The van der Waals surface area contributed by atoms with Crippen LogP contribution in [0, 0.1) is 0 Å². The molecule has 1 amide bonds. The Hall–Kier alpha value is -1.21. The zero-order valence-electron chi connectivity index (χ0n) is 9.90. The molecule has 94 valence electrons. The highest BCUT2D eigenvalue weighted by atomic mass is 32.1. The van der Waals surface area contributed by atoms with Crippen LogP contribution in [0.1, 0.15) is 29.6 Å². The minimum atomic E-state index is -0.147. The van der Waals surface area contributed by atoms with Gasteiger partial charge in [-0.1, -0.05) is 11.3 Å². The number of anilines is 1. The van der Waals surface area contributed by atoms with Crippen LogP contribution >= 0.6 is 11.3 Å². The van der Waals surface area contributed by atoms with Crippen molar-refractivity contribution in [1.29, 1.82) is 0 Å². The molecule has 0 bridgehead atoms. The Morgan fingerprint density at radius 1 is 1.53 bits per heavy atom. The molecule has 1 aromatic heterocycles. The van der Waals surface area contributed by atoms with E-state index < -0.39 is 0 Å². The van der Waals surface area contributed by atoms with Crippen molar-refractivity contribution >= 4 is 22.4 Å². The van der Waals surface area contributed by atoms with Crippen molar-refractivity contribution in [2.75, 3.05) is 19.0 Å². The van der Waals surface area contributed by atoms with Gasteiger partial charge < -0.3 is 15.4 Å². The topological polar surface area (TPSA) is 76.1 Å². The fourth-order valence-electron chi connectivity index (χ4n) is 1.66. The van der Waals surface area contributed by atoms with Gasteiger partial charge in [-0.2, -0.15) is 0 Å². The quantitative estimate of drug-likeness (QED) is 0.817. The van der Waals surface area contributed by atoms with Crippen LogP contribution in [0.15, 0.2) is 0 Å². The zero-order chi connectivity index (χ0) is 12.3. The van der Waals surface area contributed by atoms with Gasteiger partial charge in [0.1, 0.15) is 0 Å². The van der Waals surface area contributed by atoms with Crippen LogP contribution in [0.3, 0.4) is 0 Å². The molecule has 7 heteroatoms. The van der Waals surface area contributed by atoms with Gasteiger partial charge in [0.2, 0.25) is 10.1 Å². The Kier molecular flexibility index (Phi) is 3.90. The molecular weight excluding hydrogens is 240 g/mol. The van der Waals surface area contributed by atoms with Crippen LogP contribution in [0.4, 0.5) is 5.13 Å². The molecule has 0 aliphatic heterocycles. The molecule has 1 aliphatic carbocycles. The normalized spacial score (nSPS) is 22.9. The Morgan fingerprint density at radius 3 is 2.94 bits per heavy atom. The third-order valence-corrected chi connectivity index (χ3v) is 3.59. The van der Waals surface area contributed by atoms with Gasteiger partial charge in [-0.3, -0.25) is 4.79 Å². The van der Waals surface area contributed by atoms with E-state index in [1.165, 1.54) is 11.3 Å². The number of hydrogen-bond acceptors (Lipinski definition) is 6. The summed E-state index contributed by atoms with van der Waals surface area (Å²) in [6, 6.07) is 0.207. The van der Waals surface area contributed by atoms with Gasteiger partial charge in [0.25, 0.3) is 5.91 Å². The Morgan fingerprint density at radius 2 is 2.29 bits per heavy atom. The molecule has 2 rings (SSSR count). The number of nitrogens with one attached hydrogen (secondary N) is 2. The lowest BCUT2D eigenvalue weighted by molar-refractivity contribution is 0.0176. The first kappa shape index (κ1) is 12.3. The van der Waals surface area contributed by atoms with E-state index in [0.717, 1.165) is 19.4 Å². The smallest absolute Gasteiger partial charge is 0.282 e. The highest BCUT2D eigenvalue weighted by molar-refractivity contribution is 7.17. The summed E-state index contributed by atoms with van der Waals surface area (Å²) in [6.45, 7) is 2.74. The molecule has 0 radical (unpaired) electrons. The molecule has 0 atom stereocenters. The summed E-state index contributed by atoms with van der Waals surface area (Å²) in [4.78, 5) is 11.8. The Labute approximate surface area is 104 Å². The lowest BCUT2D eigenvalue weighted by atomic mass is 9.89. The van der Waals surface area contributed by atoms with Crippen LogP contribution in [-0.4, -0.2) is 41.9 Å². The Bertz CT molecular complexity index is 389. The highest BCUT2D eigenvalue weighted by Crippen LogP contribution is 2.23. The fraction of sp³-hybridized carbons (Fsp3) is 0.700. The SMILES string of the molecule is CCNc1nnc(C(=O)NC2CC(OC)C2)s1. The second kappa shape index (κ2) is 5.42. The van der Waals surface area contributed by atoms with Gasteiger partial charge in [-0.25, -0.2) is 0 Å². The number of aromatic nitrogens is 2. The lowest BCUT2D eigenvalue weighted by Crippen LogP contribution is -2.47. The van der Waals surface area contributed by atoms with E-state index in [0.29, 0.717) is 10.1 Å². The molecule has 1 fully saturated rings. The molecular formula is C10H16N4O2S. The molecule has 1 saturated carbocycles. The minimum absolute atomic E-state index is 0.147. The number of nitrogens with zero attached hydrogens (tertiary/aromatic N) is 2. The molecule has 17 heavy (non-hydrogen) atoms. The van der Waals surface area contributed by atoms with Crippen LogP contribution in [0.5, 0.6) is 0 Å². The molecule has 1 heterocycles. The first-order valence-corrected chi connectivity index (χ1v) is 6.45. The minimum Gasteiger partial charge on any atom is -0.381 e. The van der Waals surface area contributed by atoms with E-state index in [2.05, 4.69) is 20.8 Å². The van der Waals surface area contributed by atoms with Gasteiger partial charge in [-0.05, 0) is 19.8 Å². The van der Waals surface area contributed by atoms with Gasteiger partial charge >= 0.3 is 0 Å². The third-order valence-electron chi connectivity index (χ3n) is 2.71. The molecule has 6 nitrogen and oxygen atoms in total. The fourth-order valence-corrected chi connectivity index (χ4v) is 2.38. The molecule has 1 aromatic rings. The van der Waals surface area contributed by atoms with E-state index >= 15 is 0 Å².